The average molecular weight is 191 g/mol. The molecule has 0 spiro atoms. The van der Waals surface area contributed by atoms with Crippen LogP contribution in [-0.2, 0) is 7.05 Å². The zero-order chi connectivity index (χ0) is 9.54. The van der Waals surface area contributed by atoms with Crippen molar-refractivity contribution >= 4 is 5.69 Å². The van der Waals surface area contributed by atoms with Gasteiger partial charge in [-0.05, 0) is 32.1 Å². The van der Waals surface area contributed by atoms with Gasteiger partial charge in [0.25, 0.3) is 0 Å². The topological polar surface area (TPSA) is 21.1 Å². The molecule has 2 saturated heterocycles. The van der Waals surface area contributed by atoms with E-state index in [9.17, 15) is 0 Å². The molecule has 1 aromatic heterocycles. The van der Waals surface area contributed by atoms with Crippen molar-refractivity contribution in [1.29, 1.82) is 0 Å². The summed E-state index contributed by atoms with van der Waals surface area (Å²) in [5.41, 5.74) is 1.33. The van der Waals surface area contributed by atoms with Crippen molar-refractivity contribution in [3.8, 4) is 0 Å². The molecule has 0 amide bonds. The number of aryl methyl sites for hydroxylation is 1. The van der Waals surface area contributed by atoms with Crippen LogP contribution in [0.2, 0.25) is 0 Å². The third-order valence-electron chi connectivity index (χ3n) is 3.68. The molecular weight excluding hydrogens is 174 g/mol. The molecule has 2 atom stereocenters. The van der Waals surface area contributed by atoms with Crippen molar-refractivity contribution < 1.29 is 0 Å². The van der Waals surface area contributed by atoms with Crippen molar-refractivity contribution in [2.75, 3.05) is 4.90 Å². The lowest BCUT2D eigenvalue weighted by Crippen LogP contribution is -2.39. The Kier molecular flexibility index (Phi) is 1.79. The van der Waals surface area contributed by atoms with Gasteiger partial charge in [-0.1, -0.05) is 0 Å². The number of piperidine rings is 1. The van der Waals surface area contributed by atoms with Gasteiger partial charge in [0.05, 0.1) is 11.9 Å². The number of aromatic nitrogens is 2. The highest BCUT2D eigenvalue weighted by atomic mass is 15.3. The Bertz CT molecular complexity index is 315. The Labute approximate surface area is 84.7 Å². The highest BCUT2D eigenvalue weighted by Crippen LogP contribution is 2.38. The summed E-state index contributed by atoms with van der Waals surface area (Å²) in [6, 6.07) is 1.61. The van der Waals surface area contributed by atoms with Crippen molar-refractivity contribution in [2.24, 2.45) is 7.05 Å². The van der Waals surface area contributed by atoms with Crippen LogP contribution in [0.3, 0.4) is 0 Å². The summed E-state index contributed by atoms with van der Waals surface area (Å²) in [5, 5.41) is 4.26. The second kappa shape index (κ2) is 3.01. The summed E-state index contributed by atoms with van der Waals surface area (Å²) in [4.78, 5) is 2.61. The fourth-order valence-corrected chi connectivity index (χ4v) is 3.08. The molecule has 3 rings (SSSR count). The summed E-state index contributed by atoms with van der Waals surface area (Å²) in [7, 11) is 2.00. The van der Waals surface area contributed by atoms with Crippen LogP contribution in [0.1, 0.15) is 32.1 Å². The first-order chi connectivity index (χ1) is 6.84. The molecule has 3 heterocycles. The van der Waals surface area contributed by atoms with Gasteiger partial charge >= 0.3 is 0 Å². The van der Waals surface area contributed by atoms with E-state index < -0.39 is 0 Å². The Morgan fingerprint density at radius 3 is 2.50 bits per heavy atom. The fourth-order valence-electron chi connectivity index (χ4n) is 3.08. The predicted octanol–water partition coefficient (Wildman–Crippen LogP) is 1.94. The van der Waals surface area contributed by atoms with Gasteiger partial charge in [0, 0.05) is 25.3 Å². The Morgan fingerprint density at radius 1 is 1.21 bits per heavy atom. The summed E-state index contributed by atoms with van der Waals surface area (Å²) < 4.78 is 1.91. The maximum absolute atomic E-state index is 4.26. The summed E-state index contributed by atoms with van der Waals surface area (Å²) in [5.74, 6) is 0. The molecule has 1 aromatic rings. The van der Waals surface area contributed by atoms with Crippen LogP contribution in [0.15, 0.2) is 12.4 Å². The molecule has 3 heteroatoms. The third kappa shape index (κ3) is 1.15. The first kappa shape index (κ1) is 8.33. The molecule has 2 aliphatic rings. The maximum Gasteiger partial charge on any atom is 0.0757 e. The molecule has 2 unspecified atom stereocenters. The van der Waals surface area contributed by atoms with Crippen molar-refractivity contribution in [3.63, 3.8) is 0 Å². The lowest BCUT2D eigenvalue weighted by atomic mass is 10.0. The van der Waals surface area contributed by atoms with Crippen LogP contribution in [0.5, 0.6) is 0 Å². The van der Waals surface area contributed by atoms with Crippen LogP contribution in [0.4, 0.5) is 5.69 Å². The van der Waals surface area contributed by atoms with Crippen LogP contribution in [-0.4, -0.2) is 21.9 Å². The van der Waals surface area contributed by atoms with Gasteiger partial charge in [-0.3, -0.25) is 4.68 Å². The molecule has 0 aromatic carbocycles. The van der Waals surface area contributed by atoms with Gasteiger partial charge in [0.2, 0.25) is 0 Å². The molecule has 0 radical (unpaired) electrons. The SMILES string of the molecule is Cn1cc(N2C3CCCC2CC3)cn1. The third-order valence-corrected chi connectivity index (χ3v) is 3.68. The van der Waals surface area contributed by atoms with E-state index in [-0.39, 0.29) is 0 Å². The monoisotopic (exact) mass is 191 g/mol. The van der Waals surface area contributed by atoms with E-state index >= 15 is 0 Å². The van der Waals surface area contributed by atoms with Gasteiger partial charge in [-0.2, -0.15) is 5.10 Å². The smallest absolute Gasteiger partial charge is 0.0757 e. The molecule has 3 nitrogen and oxygen atoms in total. The van der Waals surface area contributed by atoms with Crippen LogP contribution in [0.25, 0.3) is 0 Å². The fraction of sp³-hybridized carbons (Fsp3) is 0.727. The molecule has 2 fully saturated rings. The molecular formula is C11H17N3. The Hall–Kier alpha value is -0.990. The van der Waals surface area contributed by atoms with Crippen molar-refractivity contribution in [3.05, 3.63) is 12.4 Å². The summed E-state index contributed by atoms with van der Waals surface area (Å²) in [6.45, 7) is 0. The largest absolute Gasteiger partial charge is 0.363 e. The molecule has 0 N–H and O–H groups in total. The molecule has 2 bridgehead atoms. The number of nitrogens with zero attached hydrogens (tertiary/aromatic N) is 3. The highest BCUT2D eigenvalue weighted by molar-refractivity contribution is 5.47. The number of rotatable bonds is 1. The second-order valence-corrected chi connectivity index (χ2v) is 4.60. The van der Waals surface area contributed by atoms with Crippen molar-refractivity contribution in [2.45, 2.75) is 44.2 Å². The number of fused-ring (bicyclic) bond motifs is 2. The van der Waals surface area contributed by atoms with Crippen LogP contribution in [0, 0.1) is 0 Å². The van der Waals surface area contributed by atoms with E-state index in [0.717, 1.165) is 12.1 Å². The first-order valence-electron chi connectivity index (χ1n) is 5.61. The normalized spacial score (nSPS) is 31.1. The quantitative estimate of drug-likeness (QED) is 0.676. The minimum Gasteiger partial charge on any atom is -0.363 e. The minimum atomic E-state index is 0.804. The lowest BCUT2D eigenvalue weighted by Gasteiger charge is -2.35. The van der Waals surface area contributed by atoms with E-state index in [1.54, 1.807) is 0 Å². The van der Waals surface area contributed by atoms with Crippen LogP contribution >= 0.6 is 0 Å². The highest BCUT2D eigenvalue weighted by Gasteiger charge is 2.36. The number of hydrogen-bond donors (Lipinski definition) is 0. The molecule has 0 aliphatic carbocycles. The Morgan fingerprint density at radius 2 is 1.93 bits per heavy atom. The standard InChI is InChI=1S/C11H17N3/c1-13-8-11(7-12-13)14-9-3-2-4-10(14)6-5-9/h7-10H,2-6H2,1H3. The van der Waals surface area contributed by atoms with E-state index in [0.29, 0.717) is 0 Å². The Balaban J connectivity index is 1.91. The lowest BCUT2D eigenvalue weighted by molar-refractivity contribution is 0.468. The van der Waals surface area contributed by atoms with Gasteiger partial charge in [0.15, 0.2) is 0 Å². The van der Waals surface area contributed by atoms with E-state index in [4.69, 9.17) is 0 Å². The van der Waals surface area contributed by atoms with E-state index in [2.05, 4.69) is 16.2 Å². The van der Waals surface area contributed by atoms with Gasteiger partial charge in [-0.25, -0.2) is 0 Å². The maximum atomic E-state index is 4.26. The van der Waals surface area contributed by atoms with E-state index in [1.165, 1.54) is 37.8 Å². The zero-order valence-corrected chi connectivity index (χ0v) is 8.69. The molecule has 14 heavy (non-hydrogen) atoms. The molecule has 2 aliphatic heterocycles. The summed E-state index contributed by atoms with van der Waals surface area (Å²) >= 11 is 0. The second-order valence-electron chi connectivity index (χ2n) is 4.60. The average Bonchev–Trinajstić information content (AvgIpc) is 2.68. The first-order valence-corrected chi connectivity index (χ1v) is 5.61. The molecule has 76 valence electrons. The van der Waals surface area contributed by atoms with Crippen LogP contribution < -0.4 is 4.90 Å². The van der Waals surface area contributed by atoms with Gasteiger partial charge < -0.3 is 4.90 Å². The molecule has 0 saturated carbocycles. The number of anilines is 1. The predicted molar refractivity (Wildman–Crippen MR) is 56.3 cm³/mol. The zero-order valence-electron chi connectivity index (χ0n) is 8.69. The van der Waals surface area contributed by atoms with Crippen molar-refractivity contribution in [1.82, 2.24) is 9.78 Å². The summed E-state index contributed by atoms with van der Waals surface area (Å²) in [6.07, 6.45) is 11.1. The van der Waals surface area contributed by atoms with Gasteiger partial charge in [0.1, 0.15) is 0 Å². The van der Waals surface area contributed by atoms with Gasteiger partial charge in [-0.15, -0.1) is 0 Å². The number of hydrogen-bond acceptors (Lipinski definition) is 2. The van der Waals surface area contributed by atoms with E-state index in [1.807, 2.05) is 17.9 Å². The minimum absolute atomic E-state index is 0.804.